The Labute approximate surface area is 182 Å². The van der Waals surface area contributed by atoms with E-state index in [2.05, 4.69) is 11.8 Å². The van der Waals surface area contributed by atoms with Gasteiger partial charge in [0.15, 0.2) is 0 Å². The van der Waals surface area contributed by atoms with Crippen molar-refractivity contribution in [2.75, 3.05) is 6.54 Å². The molecule has 0 aliphatic carbocycles. The summed E-state index contributed by atoms with van der Waals surface area (Å²) in [5, 5.41) is 0.447. The predicted molar refractivity (Wildman–Crippen MR) is 120 cm³/mol. The van der Waals surface area contributed by atoms with Gasteiger partial charge in [0.1, 0.15) is 0 Å². The molecule has 0 saturated carbocycles. The van der Waals surface area contributed by atoms with Crippen molar-refractivity contribution in [2.45, 2.75) is 17.9 Å². The zero-order chi connectivity index (χ0) is 21.1. The van der Waals surface area contributed by atoms with Gasteiger partial charge in [0.2, 0.25) is 10.0 Å². The zero-order valence-electron chi connectivity index (χ0n) is 16.4. The van der Waals surface area contributed by atoms with Crippen molar-refractivity contribution in [1.82, 2.24) is 4.31 Å². The average molecular weight is 434 g/mol. The Kier molecular flexibility index (Phi) is 5.78. The maximum Gasteiger partial charge on any atom is 0.244 e. The van der Waals surface area contributed by atoms with Crippen molar-refractivity contribution < 1.29 is 8.42 Å². The van der Waals surface area contributed by atoms with E-state index >= 15 is 0 Å². The fourth-order valence-electron chi connectivity index (χ4n) is 3.44. The van der Waals surface area contributed by atoms with Crippen LogP contribution in [0, 0.1) is 18.8 Å². The van der Waals surface area contributed by atoms with Crippen LogP contribution in [-0.4, -0.2) is 19.3 Å². The molecule has 4 rings (SSSR count). The summed E-state index contributed by atoms with van der Waals surface area (Å²) in [4.78, 5) is 0.246. The highest BCUT2D eigenvalue weighted by atomic mass is 35.5. The monoisotopic (exact) mass is 433 g/mol. The minimum atomic E-state index is -3.76. The van der Waals surface area contributed by atoms with Gasteiger partial charge in [-0.15, -0.1) is 0 Å². The second-order valence-corrected chi connectivity index (χ2v) is 9.46. The molecule has 1 unspecified atom stereocenters. The molecule has 0 radical (unpaired) electrons. The van der Waals surface area contributed by atoms with Gasteiger partial charge in [0.25, 0.3) is 0 Å². The van der Waals surface area contributed by atoms with E-state index in [0.29, 0.717) is 10.6 Å². The Morgan fingerprint density at radius 1 is 0.867 bits per heavy atom. The molecule has 1 heterocycles. The first-order chi connectivity index (χ1) is 14.5. The van der Waals surface area contributed by atoms with Crippen molar-refractivity contribution in [1.29, 1.82) is 0 Å². The van der Waals surface area contributed by atoms with Crippen LogP contribution in [0.1, 0.15) is 22.7 Å². The first-order valence-corrected chi connectivity index (χ1v) is 11.4. The van der Waals surface area contributed by atoms with Crippen molar-refractivity contribution >= 4 is 21.6 Å². The van der Waals surface area contributed by atoms with Crippen LogP contribution in [0.3, 0.4) is 0 Å². The van der Waals surface area contributed by atoms with Crippen LogP contribution in [-0.2, 0) is 10.0 Å². The summed E-state index contributed by atoms with van der Waals surface area (Å²) >= 11 is 6.57. The third kappa shape index (κ3) is 4.06. The molecule has 0 amide bonds. The molecule has 0 saturated heterocycles. The van der Waals surface area contributed by atoms with Gasteiger partial charge in [-0.1, -0.05) is 89.7 Å². The number of nitrogens with zero attached hydrogens (tertiary/aromatic N) is 1. The number of hydrogen-bond donors (Lipinski definition) is 0. The lowest BCUT2D eigenvalue weighted by Gasteiger charge is -2.25. The number of sulfonamides is 1. The zero-order valence-corrected chi connectivity index (χ0v) is 18.0. The largest absolute Gasteiger partial charge is 0.244 e. The highest BCUT2D eigenvalue weighted by Crippen LogP contribution is 2.41. The third-order valence-electron chi connectivity index (χ3n) is 5.01. The van der Waals surface area contributed by atoms with Crippen molar-refractivity contribution in [3.05, 3.63) is 112 Å². The molecule has 3 nitrogen and oxygen atoms in total. The summed E-state index contributed by atoms with van der Waals surface area (Å²) in [5.74, 6) is 6.27. The van der Waals surface area contributed by atoms with Gasteiger partial charge in [-0.3, -0.25) is 0 Å². The minimum Gasteiger partial charge on any atom is -0.207 e. The summed E-state index contributed by atoms with van der Waals surface area (Å²) in [6, 6.07) is 25.4. The Morgan fingerprint density at radius 2 is 1.47 bits per heavy atom. The van der Waals surface area contributed by atoms with Crippen molar-refractivity contribution in [3.8, 4) is 11.8 Å². The average Bonchev–Trinajstić information content (AvgIpc) is 3.11. The molecule has 30 heavy (non-hydrogen) atoms. The van der Waals surface area contributed by atoms with E-state index in [9.17, 15) is 8.42 Å². The van der Waals surface area contributed by atoms with E-state index in [4.69, 9.17) is 11.6 Å². The van der Waals surface area contributed by atoms with Crippen LogP contribution in [0.25, 0.3) is 0 Å². The van der Waals surface area contributed by atoms with E-state index in [1.165, 1.54) is 4.31 Å². The highest BCUT2D eigenvalue weighted by molar-refractivity contribution is 7.89. The molecular formula is C25H20ClNO2S. The van der Waals surface area contributed by atoms with E-state index in [1.54, 1.807) is 24.3 Å². The van der Waals surface area contributed by atoms with Crippen molar-refractivity contribution in [3.63, 3.8) is 0 Å². The van der Waals surface area contributed by atoms with E-state index in [1.807, 2.05) is 67.6 Å². The van der Waals surface area contributed by atoms with Gasteiger partial charge in [0.05, 0.1) is 17.5 Å². The minimum absolute atomic E-state index is 0.0934. The Hall–Kier alpha value is -2.84. The Bertz CT molecular complexity index is 1240. The highest BCUT2D eigenvalue weighted by Gasteiger charge is 2.40. The van der Waals surface area contributed by atoms with Gasteiger partial charge >= 0.3 is 0 Å². The maximum absolute atomic E-state index is 13.5. The quantitative estimate of drug-likeness (QED) is 0.526. The standard InChI is InChI=1S/C25H20ClNO2S/c1-19-12-15-22(16-13-19)30(28,29)27-18-24(26)23(17-14-20-8-4-2-5-9-20)25(27)21-10-6-3-7-11-21/h2-13,15-16,25H,18H2,1H3. The lowest BCUT2D eigenvalue weighted by Crippen LogP contribution is -2.32. The fraction of sp³-hybridized carbons (Fsp3) is 0.120. The van der Waals surface area contributed by atoms with Crippen LogP contribution < -0.4 is 0 Å². The summed E-state index contributed by atoms with van der Waals surface area (Å²) in [7, 11) is -3.76. The van der Waals surface area contributed by atoms with Crippen LogP contribution >= 0.6 is 11.6 Å². The summed E-state index contributed by atoms with van der Waals surface area (Å²) in [6.45, 7) is 2.02. The van der Waals surface area contributed by atoms with Crippen LogP contribution in [0.2, 0.25) is 0 Å². The fourth-order valence-corrected chi connectivity index (χ4v) is 5.35. The summed E-state index contributed by atoms with van der Waals surface area (Å²) in [5.41, 5.74) is 3.30. The molecule has 0 fully saturated rings. The third-order valence-corrected chi connectivity index (χ3v) is 7.15. The molecule has 0 N–H and O–H groups in total. The van der Waals surface area contributed by atoms with Gasteiger partial charge in [-0.2, -0.15) is 4.31 Å². The summed E-state index contributed by atoms with van der Waals surface area (Å²) in [6.07, 6.45) is 0. The molecule has 0 bridgehead atoms. The molecule has 1 atom stereocenters. The second kappa shape index (κ2) is 8.49. The second-order valence-electron chi connectivity index (χ2n) is 7.11. The number of hydrogen-bond acceptors (Lipinski definition) is 2. The van der Waals surface area contributed by atoms with E-state index < -0.39 is 16.1 Å². The molecule has 3 aromatic carbocycles. The lowest BCUT2D eigenvalue weighted by molar-refractivity contribution is 0.412. The molecule has 0 aromatic heterocycles. The smallest absolute Gasteiger partial charge is 0.207 e. The number of rotatable bonds is 3. The van der Waals surface area contributed by atoms with Crippen LogP contribution in [0.5, 0.6) is 0 Å². The van der Waals surface area contributed by atoms with Crippen molar-refractivity contribution in [2.24, 2.45) is 0 Å². The Morgan fingerprint density at radius 3 is 2.10 bits per heavy atom. The SMILES string of the molecule is Cc1ccc(S(=O)(=O)N2CC(Cl)=C(C#Cc3ccccc3)C2c2ccccc2)cc1. The normalized spacial score (nSPS) is 16.9. The van der Waals surface area contributed by atoms with Crippen LogP contribution in [0.4, 0.5) is 0 Å². The molecule has 1 aliphatic heterocycles. The van der Waals surface area contributed by atoms with Crippen LogP contribution in [0.15, 0.2) is 100 Å². The lowest BCUT2D eigenvalue weighted by atomic mass is 10.0. The molecule has 1 aliphatic rings. The van der Waals surface area contributed by atoms with Gasteiger partial charge in [-0.05, 0) is 36.8 Å². The van der Waals surface area contributed by atoms with E-state index in [-0.39, 0.29) is 11.4 Å². The van der Waals surface area contributed by atoms with Gasteiger partial charge in [-0.25, -0.2) is 8.42 Å². The predicted octanol–water partition coefficient (Wildman–Crippen LogP) is 5.29. The topological polar surface area (TPSA) is 37.4 Å². The first kappa shape index (κ1) is 20.4. The molecule has 3 aromatic rings. The number of benzene rings is 3. The molecule has 0 spiro atoms. The van der Waals surface area contributed by atoms with E-state index in [0.717, 1.165) is 16.7 Å². The molecule has 5 heteroatoms. The maximum atomic E-state index is 13.5. The summed E-state index contributed by atoms with van der Waals surface area (Å²) < 4.78 is 28.4. The first-order valence-electron chi connectivity index (χ1n) is 9.56. The molecule has 150 valence electrons. The number of halogens is 1. The van der Waals surface area contributed by atoms with Gasteiger partial charge < -0.3 is 0 Å². The van der Waals surface area contributed by atoms with Gasteiger partial charge in [0, 0.05) is 16.2 Å². The molecular weight excluding hydrogens is 414 g/mol. The Balaban J connectivity index is 1.79. The number of aryl methyl sites for hydroxylation is 1.